The molecule has 0 saturated heterocycles. The van der Waals surface area contributed by atoms with Crippen molar-refractivity contribution in [3.8, 4) is 22.5 Å². The summed E-state index contributed by atoms with van der Waals surface area (Å²) in [6.45, 7) is 4.59. The molecular formula is C34H26Al2N2. The first-order chi connectivity index (χ1) is 18.5. The molecule has 0 radical (unpaired) electrons. The minimum Gasteiger partial charge on any atom is -0.439 e. The van der Waals surface area contributed by atoms with Gasteiger partial charge in [-0.2, -0.15) is 0 Å². The van der Waals surface area contributed by atoms with Crippen LogP contribution in [0.5, 0.6) is 0 Å². The molecular weight excluding hydrogens is 490 g/mol. The second-order valence-corrected chi connectivity index (χ2v) is 12.6. The smallest absolute Gasteiger partial charge is 0.370 e. The highest BCUT2D eigenvalue weighted by molar-refractivity contribution is 6.35. The topological polar surface area (TPSA) is 9.86 Å². The molecule has 8 rings (SSSR count). The van der Waals surface area contributed by atoms with Gasteiger partial charge < -0.3 is 7.10 Å². The molecule has 2 heterocycles. The van der Waals surface area contributed by atoms with Gasteiger partial charge in [-0.1, -0.05) is 84.9 Å². The maximum atomic E-state index is 2.55. The third-order valence-corrected chi connectivity index (χ3v) is 10.6. The lowest BCUT2D eigenvalue weighted by Gasteiger charge is -2.15. The van der Waals surface area contributed by atoms with Gasteiger partial charge in [-0.15, -0.1) is 0 Å². The summed E-state index contributed by atoms with van der Waals surface area (Å²) in [5.41, 5.74) is 10.9. The first-order valence-corrected chi connectivity index (χ1v) is 15.1. The van der Waals surface area contributed by atoms with Gasteiger partial charge in [-0.3, -0.25) is 0 Å². The lowest BCUT2D eigenvalue weighted by molar-refractivity contribution is 1.30. The number of hydrogen-bond donors (Lipinski definition) is 0. The maximum Gasteiger partial charge on any atom is 0.370 e. The fraction of sp³-hybridized carbons (Fsp3) is 0.0588. The third kappa shape index (κ3) is 2.84. The molecule has 2 aromatic heterocycles. The summed E-state index contributed by atoms with van der Waals surface area (Å²) in [5, 5.41) is 11.0. The van der Waals surface area contributed by atoms with Gasteiger partial charge in [0.2, 0.25) is 0 Å². The van der Waals surface area contributed by atoms with E-state index in [2.05, 4.69) is 118 Å². The van der Waals surface area contributed by atoms with Crippen molar-refractivity contribution in [3.05, 3.63) is 108 Å². The van der Waals surface area contributed by atoms with Crippen molar-refractivity contribution in [2.45, 2.75) is 13.8 Å². The van der Waals surface area contributed by atoms with Gasteiger partial charge in [0, 0.05) is 44.0 Å². The van der Waals surface area contributed by atoms with Crippen molar-refractivity contribution in [1.82, 2.24) is 7.10 Å². The van der Waals surface area contributed by atoms with Crippen molar-refractivity contribution in [2.75, 3.05) is 0 Å². The van der Waals surface area contributed by atoms with Crippen LogP contribution in [0.1, 0.15) is 11.1 Å². The number of hydrogen-bond acceptors (Lipinski definition) is 0. The Bertz CT molecular complexity index is 2040. The molecule has 0 aliphatic heterocycles. The number of fused-ring (bicyclic) bond motifs is 4. The molecule has 0 N–H and O–H groups in total. The normalized spacial score (nSPS) is 12.2. The molecule has 0 atom stereocenters. The van der Waals surface area contributed by atoms with Crippen molar-refractivity contribution >= 4 is 87.1 Å². The first-order valence-electron chi connectivity index (χ1n) is 13.3. The van der Waals surface area contributed by atoms with Crippen molar-refractivity contribution < 1.29 is 0 Å². The second kappa shape index (κ2) is 8.00. The Morgan fingerprint density at radius 2 is 0.868 bits per heavy atom. The van der Waals surface area contributed by atoms with E-state index in [4.69, 9.17) is 0 Å². The van der Waals surface area contributed by atoms with E-state index in [1.807, 2.05) is 0 Å². The number of benzene rings is 6. The average Bonchev–Trinajstić information content (AvgIpc) is 3.35. The fourth-order valence-electron chi connectivity index (χ4n) is 7.21. The lowest BCUT2D eigenvalue weighted by atomic mass is 9.91. The van der Waals surface area contributed by atoms with Crippen LogP contribution in [0.2, 0.25) is 0 Å². The number of rotatable bonds is 2. The fourth-order valence-corrected chi connectivity index (χ4v) is 9.36. The van der Waals surface area contributed by atoms with Gasteiger partial charge in [-0.25, -0.2) is 0 Å². The Balaban J connectivity index is 1.53. The summed E-state index contributed by atoms with van der Waals surface area (Å²) in [6, 6.07) is 36.1. The molecule has 0 aliphatic rings. The zero-order valence-electron chi connectivity index (χ0n) is 22.1. The maximum absolute atomic E-state index is 2.55. The first kappa shape index (κ1) is 22.5. The van der Waals surface area contributed by atoms with Gasteiger partial charge in [0.05, 0.1) is 0 Å². The van der Waals surface area contributed by atoms with E-state index < -0.39 is 0 Å². The standard InChI is InChI=1S/C34H22N2.2Al.4H/c1-19-27-17-23-13-16-26-30-24(18-28-20(2)32(36-34(26)28)22-11-7-4-8-12-22)14-15-25(29(23)30)33(27)35-31(19)21-9-5-3-6-10-21;;;;;;/h3-18H,1-2H3;;;;;;/q-2;2*+1;;;;. The lowest BCUT2D eigenvalue weighted by Crippen LogP contribution is -1.97. The Morgan fingerprint density at radius 1 is 0.474 bits per heavy atom. The molecule has 0 spiro atoms. The van der Waals surface area contributed by atoms with Crippen LogP contribution < -0.4 is 0 Å². The molecule has 0 saturated carbocycles. The largest absolute Gasteiger partial charge is 0.439 e. The van der Waals surface area contributed by atoms with Gasteiger partial charge in [0.1, 0.15) is 0 Å². The van der Waals surface area contributed by atoms with Crippen molar-refractivity contribution in [3.63, 3.8) is 0 Å². The summed E-state index contributed by atoms with van der Waals surface area (Å²) < 4.78 is 5.10. The summed E-state index contributed by atoms with van der Waals surface area (Å²) in [7, 11) is 0. The molecule has 2 nitrogen and oxygen atoms in total. The molecule has 4 heteroatoms. The van der Waals surface area contributed by atoms with Crippen LogP contribution >= 0.6 is 0 Å². The molecule has 38 heavy (non-hydrogen) atoms. The van der Waals surface area contributed by atoms with Gasteiger partial charge in [-0.05, 0) is 69.8 Å². The molecule has 0 bridgehead atoms. The van der Waals surface area contributed by atoms with Crippen LogP contribution in [0.4, 0.5) is 0 Å². The zero-order chi connectivity index (χ0) is 25.7. The number of nitrogens with zero attached hydrogens (tertiary/aromatic N) is 2. The van der Waals surface area contributed by atoms with Crippen LogP contribution in [0.15, 0.2) is 97.1 Å². The molecule has 0 amide bonds. The van der Waals surface area contributed by atoms with Gasteiger partial charge in [0.25, 0.3) is 0 Å². The van der Waals surface area contributed by atoms with E-state index in [1.54, 1.807) is 0 Å². The van der Waals surface area contributed by atoms with Crippen LogP contribution in [0.25, 0.3) is 76.6 Å². The number of aryl methyl sites for hydroxylation is 2. The molecule has 0 fully saturated rings. The van der Waals surface area contributed by atoms with Crippen molar-refractivity contribution in [2.24, 2.45) is 0 Å². The van der Waals surface area contributed by atoms with Crippen molar-refractivity contribution in [1.29, 1.82) is 0 Å². The van der Waals surface area contributed by atoms with E-state index in [-0.39, 0.29) is 0 Å². The number of aromatic nitrogens is 2. The van der Waals surface area contributed by atoms with Crippen LogP contribution in [0, 0.1) is 13.8 Å². The van der Waals surface area contributed by atoms with E-state index in [1.165, 1.54) is 87.8 Å². The highest BCUT2D eigenvalue weighted by Crippen LogP contribution is 2.45. The minimum atomic E-state index is 0.932. The highest BCUT2D eigenvalue weighted by atomic mass is 27.1. The Kier molecular flexibility index (Phi) is 4.74. The Morgan fingerprint density at radius 3 is 1.26 bits per heavy atom. The molecule has 0 aliphatic carbocycles. The third-order valence-electron chi connectivity index (χ3n) is 8.80. The monoisotopic (exact) mass is 516 g/mol. The van der Waals surface area contributed by atoms with E-state index in [0.29, 0.717) is 0 Å². The summed E-state index contributed by atoms with van der Waals surface area (Å²) in [4.78, 5) is 0. The zero-order valence-corrected chi connectivity index (χ0v) is 26.1. The molecule has 8 aromatic rings. The average molecular weight is 517 g/mol. The molecule has 178 valence electrons. The second-order valence-electron chi connectivity index (χ2n) is 10.8. The minimum absolute atomic E-state index is 0.932. The quantitative estimate of drug-likeness (QED) is 0.169. The van der Waals surface area contributed by atoms with Crippen LogP contribution in [0.3, 0.4) is 0 Å². The highest BCUT2D eigenvalue weighted by Gasteiger charge is 2.21. The van der Waals surface area contributed by atoms with Gasteiger partial charge in [0.15, 0.2) is 0 Å². The predicted molar refractivity (Wildman–Crippen MR) is 169 cm³/mol. The van der Waals surface area contributed by atoms with E-state index in [0.717, 1.165) is 33.0 Å². The van der Waals surface area contributed by atoms with Gasteiger partial charge >= 0.3 is 33.0 Å². The Hall–Kier alpha value is -3.50. The van der Waals surface area contributed by atoms with E-state index in [9.17, 15) is 0 Å². The SMILES string of the molecule is Cc1c(-c2ccccc2)[n]([AlH2])c2c1cc1ccc3c4c(ccc2c14)cc1c(C)c(-c2ccccc2)[n]([AlH2])c13. The van der Waals surface area contributed by atoms with E-state index >= 15 is 0 Å². The van der Waals surface area contributed by atoms with Crippen LogP contribution in [-0.2, 0) is 0 Å². The molecule has 6 aromatic carbocycles. The Labute approximate surface area is 237 Å². The summed E-state index contributed by atoms with van der Waals surface area (Å²) >= 11 is 1.86. The van der Waals surface area contributed by atoms with Crippen LogP contribution in [-0.4, -0.2) is 40.1 Å². The molecule has 0 unspecified atom stereocenters. The summed E-state index contributed by atoms with van der Waals surface area (Å²) in [5.74, 6) is 0. The predicted octanol–water partition coefficient (Wildman–Crippen LogP) is 7.24. The summed E-state index contributed by atoms with van der Waals surface area (Å²) in [6.07, 6.45) is 0.